The normalized spacial score (nSPS) is 23.9. The second-order valence-corrected chi connectivity index (χ2v) is 3.30. The molecule has 0 unspecified atom stereocenters. The molecule has 1 aliphatic heterocycles. The third-order valence-electron chi connectivity index (χ3n) is 2.18. The Kier molecular flexibility index (Phi) is 3.29. The van der Waals surface area contributed by atoms with E-state index < -0.39 is 5.97 Å². The largest absolute Gasteiger partial charge is 0.478 e. The fourth-order valence-electron chi connectivity index (χ4n) is 1.47. The molecule has 0 aromatic heterocycles. The second-order valence-electron chi connectivity index (χ2n) is 3.30. The van der Waals surface area contributed by atoms with Crippen molar-refractivity contribution < 1.29 is 9.90 Å². The molecule has 0 atom stereocenters. The first-order valence-corrected chi connectivity index (χ1v) is 4.29. The molecule has 0 spiro atoms. The Morgan fingerprint density at radius 1 is 1.50 bits per heavy atom. The maximum Gasteiger partial charge on any atom is 0.328 e. The van der Waals surface area contributed by atoms with Crippen LogP contribution in [0.5, 0.6) is 0 Å². The zero-order valence-electron chi connectivity index (χ0n) is 7.42. The number of rotatable bonds is 1. The predicted molar refractivity (Wildman–Crippen MR) is 47.1 cm³/mol. The Hall–Kier alpha value is -0.830. The van der Waals surface area contributed by atoms with Gasteiger partial charge in [0.1, 0.15) is 0 Å². The summed E-state index contributed by atoms with van der Waals surface area (Å²) in [6.45, 7) is 2.07. The van der Waals surface area contributed by atoms with Crippen LogP contribution in [0.25, 0.3) is 0 Å². The van der Waals surface area contributed by atoms with E-state index in [0.717, 1.165) is 37.9 Å². The van der Waals surface area contributed by atoms with E-state index in [2.05, 4.69) is 11.9 Å². The molecule has 1 aliphatic rings. The Morgan fingerprint density at radius 2 is 2.25 bits per heavy atom. The summed E-state index contributed by atoms with van der Waals surface area (Å²) in [5.74, 6) is -0.811. The van der Waals surface area contributed by atoms with Crippen LogP contribution in [0.2, 0.25) is 0 Å². The fraction of sp³-hybridized carbons (Fsp3) is 0.667. The quantitative estimate of drug-likeness (QED) is 0.598. The highest BCUT2D eigenvalue weighted by molar-refractivity contribution is 5.80. The number of carboxylic acids is 1. The molecule has 0 aliphatic carbocycles. The highest BCUT2D eigenvalue weighted by Gasteiger charge is 2.08. The highest BCUT2D eigenvalue weighted by Crippen LogP contribution is 2.14. The Labute approximate surface area is 72.7 Å². The molecule has 1 rings (SSSR count). The summed E-state index contributed by atoms with van der Waals surface area (Å²) < 4.78 is 0. The minimum Gasteiger partial charge on any atom is -0.478 e. The van der Waals surface area contributed by atoms with E-state index in [1.807, 2.05) is 0 Å². The van der Waals surface area contributed by atoms with Crippen LogP contribution >= 0.6 is 0 Å². The Balaban J connectivity index is 2.51. The smallest absolute Gasteiger partial charge is 0.328 e. The van der Waals surface area contributed by atoms with Gasteiger partial charge in [0.05, 0.1) is 0 Å². The fourth-order valence-corrected chi connectivity index (χ4v) is 1.47. The molecule has 0 radical (unpaired) electrons. The van der Waals surface area contributed by atoms with Gasteiger partial charge in [-0.15, -0.1) is 0 Å². The third-order valence-corrected chi connectivity index (χ3v) is 2.18. The van der Waals surface area contributed by atoms with Gasteiger partial charge in [-0.25, -0.2) is 4.79 Å². The van der Waals surface area contributed by atoms with E-state index >= 15 is 0 Å². The minimum absolute atomic E-state index is 0.811. The molecule has 0 bridgehead atoms. The molecule has 1 heterocycles. The van der Waals surface area contributed by atoms with Gasteiger partial charge in [-0.2, -0.15) is 0 Å². The molecule has 1 fully saturated rings. The zero-order chi connectivity index (χ0) is 8.97. The van der Waals surface area contributed by atoms with Crippen LogP contribution in [-0.4, -0.2) is 36.1 Å². The molecule has 1 N–H and O–H groups in total. The van der Waals surface area contributed by atoms with Gasteiger partial charge < -0.3 is 10.0 Å². The van der Waals surface area contributed by atoms with Gasteiger partial charge in [-0.05, 0) is 32.9 Å². The Bertz CT molecular complexity index is 199. The van der Waals surface area contributed by atoms with Crippen molar-refractivity contribution in [3.8, 4) is 0 Å². The summed E-state index contributed by atoms with van der Waals surface area (Å²) in [5.41, 5.74) is 1.08. The maximum absolute atomic E-state index is 10.4. The van der Waals surface area contributed by atoms with Crippen LogP contribution in [0.4, 0.5) is 0 Å². The summed E-state index contributed by atoms with van der Waals surface area (Å²) in [6.07, 6.45) is 4.29. The van der Waals surface area contributed by atoms with E-state index in [1.165, 1.54) is 6.08 Å². The SMILES string of the molecule is CN1CCCC(=CC(=O)O)CC1. The first-order valence-electron chi connectivity index (χ1n) is 4.29. The van der Waals surface area contributed by atoms with Crippen LogP contribution in [0.15, 0.2) is 11.6 Å². The highest BCUT2D eigenvalue weighted by atomic mass is 16.4. The summed E-state index contributed by atoms with van der Waals surface area (Å²) in [7, 11) is 2.07. The molecular formula is C9H15NO2. The second kappa shape index (κ2) is 4.26. The van der Waals surface area contributed by atoms with Crippen LogP contribution < -0.4 is 0 Å². The summed E-state index contributed by atoms with van der Waals surface area (Å²) in [6, 6.07) is 0. The summed E-state index contributed by atoms with van der Waals surface area (Å²) in [4.78, 5) is 12.6. The van der Waals surface area contributed by atoms with Crippen LogP contribution in [0.3, 0.4) is 0 Å². The molecule has 0 amide bonds. The predicted octanol–water partition coefficient (Wildman–Crippen LogP) is 1.11. The molecule has 0 aromatic carbocycles. The average Bonchev–Trinajstić information content (AvgIpc) is 2.15. The first kappa shape index (κ1) is 9.26. The molecule has 3 heteroatoms. The number of hydrogen-bond acceptors (Lipinski definition) is 2. The molecule has 0 saturated carbocycles. The lowest BCUT2D eigenvalue weighted by atomic mass is 10.1. The lowest BCUT2D eigenvalue weighted by Crippen LogP contribution is -2.18. The minimum atomic E-state index is -0.811. The Morgan fingerprint density at radius 3 is 2.92 bits per heavy atom. The standard InChI is InChI=1S/C9H15NO2/c1-10-5-2-3-8(4-6-10)7-9(11)12/h7H,2-6H2,1H3,(H,11,12). The van der Waals surface area contributed by atoms with Crippen molar-refractivity contribution >= 4 is 5.97 Å². The van der Waals surface area contributed by atoms with Gasteiger partial charge in [0, 0.05) is 12.6 Å². The molecule has 0 aromatic rings. The van der Waals surface area contributed by atoms with Crippen molar-refractivity contribution in [1.29, 1.82) is 0 Å². The van der Waals surface area contributed by atoms with E-state index in [1.54, 1.807) is 0 Å². The average molecular weight is 169 g/mol. The molecule has 3 nitrogen and oxygen atoms in total. The number of aliphatic carboxylic acids is 1. The van der Waals surface area contributed by atoms with Gasteiger partial charge in [-0.1, -0.05) is 5.57 Å². The summed E-state index contributed by atoms with van der Waals surface area (Å²) in [5, 5.41) is 8.53. The monoisotopic (exact) mass is 169 g/mol. The van der Waals surface area contributed by atoms with Crippen molar-refractivity contribution in [2.75, 3.05) is 20.1 Å². The van der Waals surface area contributed by atoms with Gasteiger partial charge in [0.2, 0.25) is 0 Å². The third kappa shape index (κ3) is 3.05. The number of nitrogens with zero attached hydrogens (tertiary/aromatic N) is 1. The molecular weight excluding hydrogens is 154 g/mol. The summed E-state index contributed by atoms with van der Waals surface area (Å²) >= 11 is 0. The molecule has 68 valence electrons. The van der Waals surface area contributed by atoms with Crippen molar-refractivity contribution in [3.05, 3.63) is 11.6 Å². The number of carboxylic acid groups (broad SMARTS) is 1. The van der Waals surface area contributed by atoms with Crippen LogP contribution in [-0.2, 0) is 4.79 Å². The van der Waals surface area contributed by atoms with Gasteiger partial charge in [-0.3, -0.25) is 0 Å². The zero-order valence-corrected chi connectivity index (χ0v) is 7.42. The first-order chi connectivity index (χ1) is 5.68. The van der Waals surface area contributed by atoms with E-state index in [0.29, 0.717) is 0 Å². The molecule has 12 heavy (non-hydrogen) atoms. The van der Waals surface area contributed by atoms with Crippen molar-refractivity contribution in [2.24, 2.45) is 0 Å². The molecule has 1 saturated heterocycles. The van der Waals surface area contributed by atoms with Crippen molar-refractivity contribution in [1.82, 2.24) is 4.90 Å². The van der Waals surface area contributed by atoms with E-state index in [9.17, 15) is 4.79 Å². The number of hydrogen-bond donors (Lipinski definition) is 1. The van der Waals surface area contributed by atoms with Gasteiger partial charge in [0.15, 0.2) is 0 Å². The topological polar surface area (TPSA) is 40.5 Å². The van der Waals surface area contributed by atoms with Gasteiger partial charge in [0.25, 0.3) is 0 Å². The lowest BCUT2D eigenvalue weighted by Gasteiger charge is -2.10. The van der Waals surface area contributed by atoms with Crippen molar-refractivity contribution in [2.45, 2.75) is 19.3 Å². The van der Waals surface area contributed by atoms with E-state index in [4.69, 9.17) is 5.11 Å². The number of carbonyl (C=O) groups is 1. The van der Waals surface area contributed by atoms with Gasteiger partial charge >= 0.3 is 5.97 Å². The van der Waals surface area contributed by atoms with Crippen molar-refractivity contribution in [3.63, 3.8) is 0 Å². The maximum atomic E-state index is 10.4. The number of likely N-dealkylation sites (tertiary alicyclic amines) is 1. The van der Waals surface area contributed by atoms with Crippen LogP contribution in [0.1, 0.15) is 19.3 Å². The lowest BCUT2D eigenvalue weighted by molar-refractivity contribution is -0.131. The van der Waals surface area contributed by atoms with E-state index in [-0.39, 0.29) is 0 Å². The van der Waals surface area contributed by atoms with Crippen LogP contribution in [0, 0.1) is 0 Å².